The van der Waals surface area contributed by atoms with E-state index in [-0.39, 0.29) is 0 Å². The van der Waals surface area contributed by atoms with Crippen LogP contribution in [0.4, 0.5) is 0 Å². The number of hydrogen-bond donors (Lipinski definition) is 1. The summed E-state index contributed by atoms with van der Waals surface area (Å²) in [4.78, 5) is 9.93. The van der Waals surface area contributed by atoms with Crippen molar-refractivity contribution in [1.29, 1.82) is 0 Å². The summed E-state index contributed by atoms with van der Waals surface area (Å²) in [7, 11) is -3.93. The summed E-state index contributed by atoms with van der Waals surface area (Å²) in [5, 5.41) is 0. The summed E-state index contributed by atoms with van der Waals surface area (Å²) in [5.41, 5.74) is 0. The summed E-state index contributed by atoms with van der Waals surface area (Å²) in [6.45, 7) is 13.5. The standard InChI is InChI=1S/C18H39O4P/c1-7-9-17(11-15(3)4)13-21-23(19,20)22-14-18(10-8-2)12-16(5)6/h15-18H,7-14H2,1-6H3,(H,19,20). The quantitative estimate of drug-likeness (QED) is 0.388. The van der Waals surface area contributed by atoms with E-state index in [0.717, 1.165) is 38.5 Å². The van der Waals surface area contributed by atoms with E-state index in [0.29, 0.717) is 36.9 Å². The molecule has 0 aromatic heterocycles. The minimum atomic E-state index is -3.93. The fraction of sp³-hybridized carbons (Fsp3) is 1.00. The molecule has 0 saturated carbocycles. The van der Waals surface area contributed by atoms with Gasteiger partial charge >= 0.3 is 7.82 Å². The highest BCUT2D eigenvalue weighted by Gasteiger charge is 2.25. The number of rotatable bonds is 14. The third-order valence-electron chi connectivity index (χ3n) is 3.95. The Labute approximate surface area is 144 Å². The van der Waals surface area contributed by atoms with Crippen LogP contribution >= 0.6 is 7.82 Å². The van der Waals surface area contributed by atoms with Crippen LogP contribution in [0.5, 0.6) is 0 Å². The molecule has 0 fully saturated rings. The molecule has 140 valence electrons. The predicted molar refractivity (Wildman–Crippen MR) is 97.4 cm³/mol. The van der Waals surface area contributed by atoms with Crippen molar-refractivity contribution < 1.29 is 18.5 Å². The zero-order chi connectivity index (χ0) is 17.9. The zero-order valence-electron chi connectivity index (χ0n) is 16.1. The van der Waals surface area contributed by atoms with Crippen molar-refractivity contribution in [3.8, 4) is 0 Å². The zero-order valence-corrected chi connectivity index (χ0v) is 17.0. The van der Waals surface area contributed by atoms with E-state index in [2.05, 4.69) is 41.5 Å². The van der Waals surface area contributed by atoms with Crippen LogP contribution in [0.15, 0.2) is 0 Å². The van der Waals surface area contributed by atoms with E-state index in [9.17, 15) is 9.46 Å². The topological polar surface area (TPSA) is 55.8 Å². The highest BCUT2D eigenvalue weighted by Crippen LogP contribution is 2.45. The van der Waals surface area contributed by atoms with Crippen molar-refractivity contribution in [2.75, 3.05) is 13.2 Å². The molecule has 0 aromatic rings. The Morgan fingerprint density at radius 1 is 0.826 bits per heavy atom. The van der Waals surface area contributed by atoms with Crippen LogP contribution in [0.2, 0.25) is 0 Å². The molecule has 5 heteroatoms. The maximum atomic E-state index is 12.1. The Kier molecular flexibility index (Phi) is 12.5. The lowest BCUT2D eigenvalue weighted by atomic mass is 9.94. The van der Waals surface area contributed by atoms with Gasteiger partial charge in [0.15, 0.2) is 0 Å². The van der Waals surface area contributed by atoms with E-state index in [4.69, 9.17) is 9.05 Å². The van der Waals surface area contributed by atoms with Crippen molar-refractivity contribution in [3.05, 3.63) is 0 Å². The first-order valence-corrected chi connectivity index (χ1v) is 10.8. The fourth-order valence-electron chi connectivity index (χ4n) is 3.12. The molecule has 0 amide bonds. The van der Waals surface area contributed by atoms with Gasteiger partial charge in [-0.15, -0.1) is 0 Å². The monoisotopic (exact) mass is 350 g/mol. The minimum absolute atomic E-state index is 0.308. The molecule has 0 aromatic carbocycles. The SMILES string of the molecule is CCCC(COP(=O)(O)OCC(CCC)CC(C)C)CC(C)C. The summed E-state index contributed by atoms with van der Waals surface area (Å²) < 4.78 is 22.6. The predicted octanol–water partition coefficient (Wildman–Crippen LogP) is 6.04. The van der Waals surface area contributed by atoms with Crippen LogP contribution in [-0.4, -0.2) is 18.1 Å². The Morgan fingerprint density at radius 2 is 1.17 bits per heavy atom. The maximum Gasteiger partial charge on any atom is 0.472 e. The molecule has 2 atom stereocenters. The second-order valence-electron chi connectivity index (χ2n) is 7.63. The molecule has 0 radical (unpaired) electrons. The Hall–Kier alpha value is 0.110. The Morgan fingerprint density at radius 3 is 1.43 bits per heavy atom. The molecule has 0 aliphatic rings. The molecule has 0 spiro atoms. The van der Waals surface area contributed by atoms with E-state index in [1.54, 1.807) is 0 Å². The van der Waals surface area contributed by atoms with Crippen molar-refractivity contribution in [2.45, 2.75) is 80.1 Å². The smallest absolute Gasteiger partial charge is 0.302 e. The van der Waals surface area contributed by atoms with Crippen molar-refractivity contribution in [2.24, 2.45) is 23.7 Å². The molecule has 0 aliphatic heterocycles. The van der Waals surface area contributed by atoms with Crippen LogP contribution < -0.4 is 0 Å². The largest absolute Gasteiger partial charge is 0.472 e. The van der Waals surface area contributed by atoms with Gasteiger partial charge < -0.3 is 4.89 Å². The van der Waals surface area contributed by atoms with Gasteiger partial charge in [0.1, 0.15) is 0 Å². The lowest BCUT2D eigenvalue weighted by Gasteiger charge is -2.22. The highest BCUT2D eigenvalue weighted by molar-refractivity contribution is 7.47. The van der Waals surface area contributed by atoms with Gasteiger partial charge in [-0.3, -0.25) is 9.05 Å². The summed E-state index contributed by atoms with van der Waals surface area (Å²) in [5.74, 6) is 1.78. The van der Waals surface area contributed by atoms with Gasteiger partial charge in [-0.25, -0.2) is 4.57 Å². The lowest BCUT2D eigenvalue weighted by Crippen LogP contribution is -2.15. The van der Waals surface area contributed by atoms with Crippen LogP contribution in [0.3, 0.4) is 0 Å². The summed E-state index contributed by atoms with van der Waals surface area (Å²) >= 11 is 0. The molecule has 0 bridgehead atoms. The minimum Gasteiger partial charge on any atom is -0.302 e. The first kappa shape index (κ1) is 23.1. The van der Waals surface area contributed by atoms with Crippen LogP contribution in [0.25, 0.3) is 0 Å². The molecule has 1 N–H and O–H groups in total. The Balaban J connectivity index is 4.35. The molecular formula is C18H39O4P. The fourth-order valence-corrected chi connectivity index (χ4v) is 4.00. The molecule has 0 aliphatic carbocycles. The first-order chi connectivity index (χ1) is 10.7. The van der Waals surface area contributed by atoms with E-state index in [1.165, 1.54) is 0 Å². The van der Waals surface area contributed by atoms with Crippen molar-refractivity contribution >= 4 is 7.82 Å². The normalized spacial score (nSPS) is 17.4. The third-order valence-corrected chi connectivity index (χ3v) is 4.90. The summed E-state index contributed by atoms with van der Waals surface area (Å²) in [6, 6.07) is 0. The van der Waals surface area contributed by atoms with E-state index in [1.807, 2.05) is 0 Å². The van der Waals surface area contributed by atoms with Gasteiger partial charge in [0.25, 0.3) is 0 Å². The lowest BCUT2D eigenvalue weighted by molar-refractivity contribution is 0.104. The molecular weight excluding hydrogens is 311 g/mol. The van der Waals surface area contributed by atoms with Crippen molar-refractivity contribution in [1.82, 2.24) is 0 Å². The third kappa shape index (κ3) is 13.1. The second kappa shape index (κ2) is 12.5. The second-order valence-corrected chi connectivity index (χ2v) is 9.08. The van der Waals surface area contributed by atoms with Gasteiger partial charge in [-0.05, 0) is 49.4 Å². The molecule has 23 heavy (non-hydrogen) atoms. The molecule has 0 saturated heterocycles. The number of phosphoric ester groups is 1. The van der Waals surface area contributed by atoms with E-state index < -0.39 is 7.82 Å². The van der Waals surface area contributed by atoms with Gasteiger partial charge in [-0.1, -0.05) is 54.4 Å². The van der Waals surface area contributed by atoms with Crippen LogP contribution in [0.1, 0.15) is 80.1 Å². The van der Waals surface area contributed by atoms with Crippen LogP contribution in [0, 0.1) is 23.7 Å². The van der Waals surface area contributed by atoms with Crippen molar-refractivity contribution in [3.63, 3.8) is 0 Å². The maximum absolute atomic E-state index is 12.1. The van der Waals surface area contributed by atoms with Gasteiger partial charge in [0.05, 0.1) is 13.2 Å². The summed E-state index contributed by atoms with van der Waals surface area (Å²) in [6.07, 6.45) is 6.18. The van der Waals surface area contributed by atoms with Gasteiger partial charge in [0.2, 0.25) is 0 Å². The highest BCUT2D eigenvalue weighted by atomic mass is 31.2. The Bertz CT molecular complexity index is 303. The molecule has 0 rings (SSSR count). The number of hydrogen-bond acceptors (Lipinski definition) is 3. The molecule has 2 unspecified atom stereocenters. The van der Waals surface area contributed by atoms with Gasteiger partial charge in [0, 0.05) is 0 Å². The first-order valence-electron chi connectivity index (χ1n) is 9.31. The number of phosphoric acid groups is 1. The average molecular weight is 350 g/mol. The molecule has 0 heterocycles. The molecule has 4 nitrogen and oxygen atoms in total. The van der Waals surface area contributed by atoms with Gasteiger partial charge in [-0.2, -0.15) is 0 Å². The van der Waals surface area contributed by atoms with E-state index >= 15 is 0 Å². The van der Waals surface area contributed by atoms with Crippen LogP contribution in [-0.2, 0) is 13.6 Å². The average Bonchev–Trinajstić information content (AvgIpc) is 2.42.